The minimum atomic E-state index is -0.417. The van der Waals surface area contributed by atoms with Gasteiger partial charge in [0.15, 0.2) is 0 Å². The lowest BCUT2D eigenvalue weighted by Crippen LogP contribution is -2.33. The van der Waals surface area contributed by atoms with Gasteiger partial charge in [-0.3, -0.25) is 4.79 Å². The van der Waals surface area contributed by atoms with Crippen LogP contribution in [0.1, 0.15) is 31.0 Å². The van der Waals surface area contributed by atoms with E-state index in [1.807, 2.05) is 38.1 Å². The lowest BCUT2D eigenvalue weighted by atomic mass is 10.1. The predicted molar refractivity (Wildman–Crippen MR) is 103 cm³/mol. The van der Waals surface area contributed by atoms with Crippen LogP contribution in [0.15, 0.2) is 58.2 Å². The third-order valence-corrected chi connectivity index (χ3v) is 5.01. The highest BCUT2D eigenvalue weighted by Crippen LogP contribution is 2.26. The van der Waals surface area contributed by atoms with Gasteiger partial charge in [0.2, 0.25) is 11.8 Å². The van der Waals surface area contributed by atoms with Crippen molar-refractivity contribution in [3.63, 3.8) is 0 Å². The van der Waals surface area contributed by atoms with Gasteiger partial charge < -0.3 is 9.73 Å². The molecule has 1 heterocycles. The molecule has 0 bridgehead atoms. The van der Waals surface area contributed by atoms with Crippen LogP contribution in [0, 0.1) is 12.7 Å². The van der Waals surface area contributed by atoms with Crippen molar-refractivity contribution in [3.05, 3.63) is 65.5 Å². The van der Waals surface area contributed by atoms with E-state index in [1.54, 1.807) is 19.1 Å². The summed E-state index contributed by atoms with van der Waals surface area (Å²) in [6, 6.07) is 13.6. The van der Waals surface area contributed by atoms with E-state index in [2.05, 4.69) is 15.5 Å². The minimum absolute atomic E-state index is 0.160. The van der Waals surface area contributed by atoms with Crippen molar-refractivity contribution in [1.29, 1.82) is 0 Å². The summed E-state index contributed by atoms with van der Waals surface area (Å²) in [6.45, 7) is 5.63. The van der Waals surface area contributed by atoms with Gasteiger partial charge in [-0.05, 0) is 50.6 Å². The molecule has 27 heavy (non-hydrogen) atoms. The number of hydrogen-bond acceptors (Lipinski definition) is 5. The molecular formula is C20H20FN3O2S. The molecule has 0 saturated heterocycles. The van der Waals surface area contributed by atoms with Gasteiger partial charge in [-0.2, -0.15) is 0 Å². The third kappa shape index (κ3) is 4.95. The maximum Gasteiger partial charge on any atom is 0.277 e. The number of nitrogens with one attached hydrogen (secondary N) is 1. The van der Waals surface area contributed by atoms with Crippen molar-refractivity contribution in [3.8, 4) is 11.5 Å². The number of halogens is 1. The molecule has 0 fully saturated rings. The molecular weight excluding hydrogens is 365 g/mol. The van der Waals surface area contributed by atoms with Crippen molar-refractivity contribution in [2.24, 2.45) is 0 Å². The van der Waals surface area contributed by atoms with E-state index in [-0.39, 0.29) is 17.8 Å². The van der Waals surface area contributed by atoms with Gasteiger partial charge in [-0.25, -0.2) is 4.39 Å². The number of rotatable bonds is 6. The first-order valence-corrected chi connectivity index (χ1v) is 9.43. The van der Waals surface area contributed by atoms with E-state index in [0.29, 0.717) is 11.1 Å². The molecule has 3 rings (SSSR count). The number of benzene rings is 2. The van der Waals surface area contributed by atoms with Gasteiger partial charge in [-0.15, -0.1) is 10.2 Å². The Bertz CT molecular complexity index is 910. The van der Waals surface area contributed by atoms with Crippen LogP contribution >= 0.6 is 11.8 Å². The standard InChI is InChI=1S/C20H20FN3O2S/c1-12-4-6-16(7-5-12)19-23-24-20(26-19)27-14(3)18(25)22-13(2)15-8-10-17(21)11-9-15/h4-11,13-14H,1-3H3,(H,22,25)/t13-,14-/m1/s1. The molecule has 0 aliphatic rings. The number of carbonyl (C=O) groups is 1. The number of aryl methyl sites for hydroxylation is 1. The Morgan fingerprint density at radius 3 is 2.41 bits per heavy atom. The molecule has 5 nitrogen and oxygen atoms in total. The third-order valence-electron chi connectivity index (χ3n) is 4.08. The van der Waals surface area contributed by atoms with Crippen molar-refractivity contribution in [1.82, 2.24) is 15.5 Å². The lowest BCUT2D eigenvalue weighted by molar-refractivity contribution is -0.120. The summed E-state index contributed by atoms with van der Waals surface area (Å²) in [5.74, 6) is -0.0429. The molecule has 0 aliphatic carbocycles. The number of hydrogen-bond donors (Lipinski definition) is 1. The van der Waals surface area contributed by atoms with Crippen LogP contribution in [-0.4, -0.2) is 21.4 Å². The SMILES string of the molecule is Cc1ccc(-c2nnc(S[C@H](C)C(=O)N[C@H](C)c3ccc(F)cc3)o2)cc1. The first-order chi connectivity index (χ1) is 12.9. The van der Waals surface area contributed by atoms with Gasteiger partial charge in [0.1, 0.15) is 5.82 Å². The zero-order chi connectivity index (χ0) is 19.4. The van der Waals surface area contributed by atoms with Crippen LogP contribution < -0.4 is 5.32 Å². The van der Waals surface area contributed by atoms with Gasteiger partial charge in [-0.1, -0.05) is 41.6 Å². The predicted octanol–water partition coefficient (Wildman–Crippen LogP) is 4.54. The average Bonchev–Trinajstić information content (AvgIpc) is 3.11. The average molecular weight is 385 g/mol. The van der Waals surface area contributed by atoms with Crippen molar-refractivity contribution < 1.29 is 13.6 Å². The molecule has 3 aromatic rings. The summed E-state index contributed by atoms with van der Waals surface area (Å²) in [4.78, 5) is 12.4. The van der Waals surface area contributed by atoms with E-state index in [9.17, 15) is 9.18 Å². The molecule has 140 valence electrons. The second-order valence-corrected chi connectivity index (χ2v) is 7.57. The monoisotopic (exact) mass is 385 g/mol. The zero-order valence-corrected chi connectivity index (χ0v) is 16.1. The van der Waals surface area contributed by atoms with E-state index >= 15 is 0 Å². The summed E-state index contributed by atoms with van der Waals surface area (Å²) in [6.07, 6.45) is 0. The highest BCUT2D eigenvalue weighted by Gasteiger charge is 2.20. The van der Waals surface area contributed by atoms with Crippen LogP contribution in [0.4, 0.5) is 4.39 Å². The van der Waals surface area contributed by atoms with Crippen molar-refractivity contribution in [2.45, 2.75) is 37.3 Å². The Kier molecular flexibility index (Phi) is 5.91. The van der Waals surface area contributed by atoms with E-state index in [1.165, 1.54) is 23.9 Å². The smallest absolute Gasteiger partial charge is 0.277 e. The molecule has 7 heteroatoms. The fraction of sp³-hybridized carbons (Fsp3) is 0.250. The van der Waals surface area contributed by atoms with E-state index in [4.69, 9.17) is 4.42 Å². The number of thioether (sulfide) groups is 1. The number of carbonyl (C=O) groups excluding carboxylic acids is 1. The molecule has 0 radical (unpaired) electrons. The Morgan fingerprint density at radius 2 is 1.74 bits per heavy atom. The van der Waals surface area contributed by atoms with Crippen LogP contribution in [-0.2, 0) is 4.79 Å². The first-order valence-electron chi connectivity index (χ1n) is 8.55. The summed E-state index contributed by atoms with van der Waals surface area (Å²) < 4.78 is 18.7. The van der Waals surface area contributed by atoms with Crippen LogP contribution in [0.25, 0.3) is 11.5 Å². The Morgan fingerprint density at radius 1 is 1.07 bits per heavy atom. The Balaban J connectivity index is 1.59. The zero-order valence-electron chi connectivity index (χ0n) is 15.3. The molecule has 0 saturated carbocycles. The second-order valence-electron chi connectivity index (χ2n) is 6.28. The van der Waals surface area contributed by atoms with Crippen molar-refractivity contribution >= 4 is 17.7 Å². The normalized spacial score (nSPS) is 13.2. The van der Waals surface area contributed by atoms with Crippen LogP contribution in [0.5, 0.6) is 0 Å². The topological polar surface area (TPSA) is 68.0 Å². The van der Waals surface area contributed by atoms with Gasteiger partial charge in [0.05, 0.1) is 11.3 Å². The summed E-state index contributed by atoms with van der Waals surface area (Å²) in [5, 5.41) is 10.9. The molecule has 2 aromatic carbocycles. The Labute approximate surface area is 161 Å². The molecule has 0 spiro atoms. The Hall–Kier alpha value is -2.67. The van der Waals surface area contributed by atoms with E-state index in [0.717, 1.165) is 16.7 Å². The van der Waals surface area contributed by atoms with Gasteiger partial charge in [0.25, 0.3) is 5.22 Å². The highest BCUT2D eigenvalue weighted by molar-refractivity contribution is 8.00. The summed E-state index contributed by atoms with van der Waals surface area (Å²) in [7, 11) is 0. The number of amides is 1. The molecule has 0 unspecified atom stereocenters. The summed E-state index contributed by atoms with van der Waals surface area (Å²) in [5.41, 5.74) is 2.82. The highest BCUT2D eigenvalue weighted by atomic mass is 32.2. The van der Waals surface area contributed by atoms with E-state index < -0.39 is 5.25 Å². The number of aromatic nitrogens is 2. The maximum absolute atomic E-state index is 13.0. The van der Waals surface area contributed by atoms with Gasteiger partial charge in [0, 0.05) is 5.56 Å². The molecule has 2 atom stereocenters. The van der Waals surface area contributed by atoms with Crippen LogP contribution in [0.2, 0.25) is 0 Å². The lowest BCUT2D eigenvalue weighted by Gasteiger charge is -2.16. The quantitative estimate of drug-likeness (QED) is 0.631. The maximum atomic E-state index is 13.0. The largest absolute Gasteiger partial charge is 0.411 e. The minimum Gasteiger partial charge on any atom is -0.411 e. The van der Waals surface area contributed by atoms with Crippen molar-refractivity contribution in [2.75, 3.05) is 0 Å². The fourth-order valence-corrected chi connectivity index (χ4v) is 3.13. The second kappa shape index (κ2) is 8.35. The molecule has 1 N–H and O–H groups in total. The molecule has 1 amide bonds. The molecule has 1 aromatic heterocycles. The van der Waals surface area contributed by atoms with Crippen LogP contribution in [0.3, 0.4) is 0 Å². The number of nitrogens with zero attached hydrogens (tertiary/aromatic N) is 2. The fourth-order valence-electron chi connectivity index (χ4n) is 2.44. The van der Waals surface area contributed by atoms with Gasteiger partial charge >= 0.3 is 0 Å². The summed E-state index contributed by atoms with van der Waals surface area (Å²) >= 11 is 1.20. The first kappa shape index (κ1) is 19.1. The molecule has 0 aliphatic heterocycles.